The Morgan fingerprint density at radius 3 is 1.97 bits per heavy atom. The molecule has 0 fully saturated rings. The molecular weight excluding hydrogens is 410 g/mol. The first-order valence-corrected chi connectivity index (χ1v) is 11.4. The molecule has 0 aliphatic rings. The molecule has 0 radical (unpaired) electrons. The molecule has 0 atom stereocenters. The summed E-state index contributed by atoms with van der Waals surface area (Å²) in [6.45, 7) is 0.656. The number of hydrogen-bond acceptors (Lipinski definition) is 4. The van der Waals surface area contributed by atoms with Crippen LogP contribution in [0.1, 0.15) is 21.5 Å². The number of benzene rings is 3. The number of hydrogen-bond donors (Lipinski definition) is 1. The van der Waals surface area contributed by atoms with E-state index in [1.165, 1.54) is 4.31 Å². The van der Waals surface area contributed by atoms with Crippen molar-refractivity contribution in [3.05, 3.63) is 95.6 Å². The summed E-state index contributed by atoms with van der Waals surface area (Å²) in [5, 5.41) is 2.91. The third-order valence-corrected chi connectivity index (χ3v) is 6.80. The summed E-state index contributed by atoms with van der Waals surface area (Å²) < 4.78 is 26.6. The van der Waals surface area contributed by atoms with E-state index in [4.69, 9.17) is 0 Å². The second-order valence-electron chi connectivity index (χ2n) is 7.51. The Morgan fingerprint density at radius 1 is 0.806 bits per heavy atom. The van der Waals surface area contributed by atoms with Gasteiger partial charge in [0.25, 0.3) is 5.91 Å². The molecule has 31 heavy (non-hydrogen) atoms. The lowest BCUT2D eigenvalue weighted by molar-refractivity contribution is 0.0951. The summed E-state index contributed by atoms with van der Waals surface area (Å²) in [6, 6.07) is 23.3. The zero-order valence-electron chi connectivity index (χ0n) is 17.9. The average molecular weight is 438 g/mol. The van der Waals surface area contributed by atoms with Crippen molar-refractivity contribution in [3.8, 4) is 0 Å². The molecule has 7 heteroatoms. The zero-order valence-corrected chi connectivity index (χ0v) is 18.8. The van der Waals surface area contributed by atoms with Gasteiger partial charge < -0.3 is 10.2 Å². The Hall–Kier alpha value is -3.16. The van der Waals surface area contributed by atoms with Crippen molar-refractivity contribution in [1.29, 1.82) is 0 Å². The van der Waals surface area contributed by atoms with Gasteiger partial charge in [-0.3, -0.25) is 4.79 Å². The lowest BCUT2D eigenvalue weighted by Crippen LogP contribution is -2.26. The van der Waals surface area contributed by atoms with Crippen LogP contribution in [0.5, 0.6) is 0 Å². The minimum atomic E-state index is -3.56. The van der Waals surface area contributed by atoms with Crippen LogP contribution < -0.4 is 10.2 Å². The summed E-state index contributed by atoms with van der Waals surface area (Å²) in [6.07, 6.45) is 0. The van der Waals surface area contributed by atoms with Crippen molar-refractivity contribution in [2.45, 2.75) is 18.0 Å². The minimum Gasteiger partial charge on any atom is -0.378 e. The van der Waals surface area contributed by atoms with E-state index in [1.54, 1.807) is 61.6 Å². The second-order valence-corrected chi connectivity index (χ2v) is 9.56. The van der Waals surface area contributed by atoms with Crippen LogP contribution in [0.2, 0.25) is 0 Å². The average Bonchev–Trinajstić information content (AvgIpc) is 2.78. The van der Waals surface area contributed by atoms with Crippen LogP contribution in [0.4, 0.5) is 5.69 Å². The highest BCUT2D eigenvalue weighted by atomic mass is 32.2. The van der Waals surface area contributed by atoms with E-state index in [0.29, 0.717) is 12.1 Å². The maximum absolute atomic E-state index is 12.6. The van der Waals surface area contributed by atoms with E-state index < -0.39 is 10.0 Å². The van der Waals surface area contributed by atoms with Crippen molar-refractivity contribution in [3.63, 3.8) is 0 Å². The van der Waals surface area contributed by atoms with E-state index in [-0.39, 0.29) is 17.3 Å². The van der Waals surface area contributed by atoms with Gasteiger partial charge >= 0.3 is 0 Å². The quantitative estimate of drug-likeness (QED) is 0.586. The fourth-order valence-corrected chi connectivity index (χ4v) is 4.25. The van der Waals surface area contributed by atoms with Crippen LogP contribution in [-0.4, -0.2) is 39.8 Å². The van der Waals surface area contributed by atoms with Crippen molar-refractivity contribution in [2.24, 2.45) is 0 Å². The molecule has 6 nitrogen and oxygen atoms in total. The molecule has 0 aliphatic heterocycles. The van der Waals surface area contributed by atoms with E-state index in [1.807, 2.05) is 43.3 Å². The van der Waals surface area contributed by atoms with Crippen LogP contribution in [-0.2, 0) is 23.1 Å². The van der Waals surface area contributed by atoms with Gasteiger partial charge in [-0.25, -0.2) is 8.42 Å². The van der Waals surface area contributed by atoms with E-state index >= 15 is 0 Å². The van der Waals surface area contributed by atoms with Gasteiger partial charge in [-0.15, -0.1) is 0 Å². The molecule has 162 valence electrons. The largest absolute Gasteiger partial charge is 0.378 e. The number of amides is 1. The van der Waals surface area contributed by atoms with Crippen LogP contribution in [0.3, 0.4) is 0 Å². The summed E-state index contributed by atoms with van der Waals surface area (Å²) in [4.78, 5) is 14.7. The third-order valence-electron chi connectivity index (χ3n) is 4.98. The van der Waals surface area contributed by atoms with E-state index in [0.717, 1.165) is 16.8 Å². The molecular formula is C24H27N3O3S. The first-order chi connectivity index (χ1) is 14.8. The van der Waals surface area contributed by atoms with Crippen molar-refractivity contribution in [2.75, 3.05) is 26.0 Å². The second kappa shape index (κ2) is 9.76. The fourth-order valence-electron chi connectivity index (χ4n) is 3.07. The first kappa shape index (κ1) is 22.5. The first-order valence-electron chi connectivity index (χ1n) is 9.92. The van der Waals surface area contributed by atoms with Crippen molar-refractivity contribution < 1.29 is 13.2 Å². The monoisotopic (exact) mass is 437 g/mol. The number of anilines is 1. The van der Waals surface area contributed by atoms with Crippen LogP contribution in [0.25, 0.3) is 0 Å². The summed E-state index contributed by atoms with van der Waals surface area (Å²) in [5.41, 5.74) is 3.45. The molecule has 0 spiro atoms. The van der Waals surface area contributed by atoms with Gasteiger partial charge in [0, 0.05) is 45.5 Å². The molecule has 0 heterocycles. The highest BCUT2D eigenvalue weighted by Gasteiger charge is 2.20. The Balaban J connectivity index is 1.58. The van der Waals surface area contributed by atoms with Gasteiger partial charge in [-0.1, -0.05) is 42.5 Å². The molecule has 0 bridgehead atoms. The molecule has 0 saturated carbocycles. The number of carbonyl (C=O) groups is 1. The van der Waals surface area contributed by atoms with Crippen molar-refractivity contribution >= 4 is 21.6 Å². The zero-order chi connectivity index (χ0) is 22.4. The predicted molar refractivity (Wildman–Crippen MR) is 123 cm³/mol. The smallest absolute Gasteiger partial charge is 0.251 e. The molecule has 1 N–H and O–H groups in total. The van der Waals surface area contributed by atoms with Crippen LogP contribution in [0.15, 0.2) is 83.8 Å². The minimum absolute atomic E-state index is 0.173. The number of carbonyl (C=O) groups excluding carboxylic acids is 1. The molecule has 1 amide bonds. The van der Waals surface area contributed by atoms with Gasteiger partial charge in [0.05, 0.1) is 4.90 Å². The predicted octanol–water partition coefficient (Wildman–Crippen LogP) is 3.50. The summed E-state index contributed by atoms with van der Waals surface area (Å²) >= 11 is 0. The maximum Gasteiger partial charge on any atom is 0.251 e. The number of sulfonamides is 1. The summed E-state index contributed by atoms with van der Waals surface area (Å²) in [5.74, 6) is -0.173. The fraction of sp³-hybridized carbons (Fsp3) is 0.208. The van der Waals surface area contributed by atoms with Gasteiger partial charge in [0.1, 0.15) is 0 Å². The van der Waals surface area contributed by atoms with Gasteiger partial charge in [0.2, 0.25) is 10.0 Å². The Morgan fingerprint density at radius 2 is 1.39 bits per heavy atom. The van der Waals surface area contributed by atoms with E-state index in [9.17, 15) is 13.2 Å². The maximum atomic E-state index is 12.6. The molecule has 0 aromatic heterocycles. The SMILES string of the molecule is CN(C)c1ccc(CNC(=O)c2ccc(CN(C)S(=O)(=O)c3ccccc3)cc2)cc1. The molecule has 3 rings (SSSR count). The molecule has 3 aromatic carbocycles. The standard InChI is InChI=1S/C24H27N3O3S/c1-26(2)22-15-11-19(12-16-22)17-25-24(28)21-13-9-20(10-14-21)18-27(3)31(29,30)23-7-5-4-6-8-23/h4-16H,17-18H2,1-3H3,(H,25,28). The molecule has 0 unspecified atom stereocenters. The normalized spacial score (nSPS) is 11.4. The highest BCUT2D eigenvalue weighted by molar-refractivity contribution is 7.89. The van der Waals surface area contributed by atoms with E-state index in [2.05, 4.69) is 5.32 Å². The van der Waals surface area contributed by atoms with Gasteiger partial charge in [0.15, 0.2) is 0 Å². The number of nitrogens with one attached hydrogen (secondary N) is 1. The number of nitrogens with zero attached hydrogens (tertiary/aromatic N) is 2. The van der Waals surface area contributed by atoms with Crippen LogP contribution in [0, 0.1) is 0 Å². The Kier molecular flexibility index (Phi) is 7.09. The topological polar surface area (TPSA) is 69.7 Å². The Labute approximate surface area is 184 Å². The molecule has 0 aliphatic carbocycles. The van der Waals surface area contributed by atoms with Crippen LogP contribution >= 0.6 is 0 Å². The van der Waals surface area contributed by atoms with Gasteiger partial charge in [-0.05, 0) is 47.5 Å². The molecule has 3 aromatic rings. The third kappa shape index (κ3) is 5.71. The lowest BCUT2D eigenvalue weighted by atomic mass is 10.1. The van der Waals surface area contributed by atoms with Crippen molar-refractivity contribution in [1.82, 2.24) is 9.62 Å². The van der Waals surface area contributed by atoms with Gasteiger partial charge in [-0.2, -0.15) is 4.31 Å². The lowest BCUT2D eigenvalue weighted by Gasteiger charge is -2.17. The summed E-state index contributed by atoms with van der Waals surface area (Å²) in [7, 11) is 1.95. The Bertz CT molecular complexity index is 1110. The highest BCUT2D eigenvalue weighted by Crippen LogP contribution is 2.17. The molecule has 0 saturated heterocycles. The number of rotatable bonds is 8.